The predicted octanol–water partition coefficient (Wildman–Crippen LogP) is 6.82. The molecule has 4 aromatic rings. The summed E-state index contributed by atoms with van der Waals surface area (Å²) in [5, 5.41) is 15.0. The molecule has 12 heteroatoms. The number of aromatic nitrogens is 3. The Morgan fingerprint density at radius 1 is 1.16 bits per heavy atom. The van der Waals surface area contributed by atoms with Crippen molar-refractivity contribution in [1.29, 1.82) is 0 Å². The van der Waals surface area contributed by atoms with Gasteiger partial charge in [0.25, 0.3) is 0 Å². The number of ether oxygens (including phenoxy) is 2. The van der Waals surface area contributed by atoms with Crippen LogP contribution >= 0.6 is 46.3 Å². The fourth-order valence-corrected chi connectivity index (χ4v) is 5.76. The number of carbonyl (C=O) groups is 2. The highest BCUT2D eigenvalue weighted by Crippen LogP contribution is 2.37. The molecule has 0 aliphatic heterocycles. The van der Waals surface area contributed by atoms with Crippen molar-refractivity contribution in [2.24, 2.45) is 7.05 Å². The van der Waals surface area contributed by atoms with Crippen LogP contribution in [-0.4, -0.2) is 39.5 Å². The largest absolute Gasteiger partial charge is 0.481 e. The van der Waals surface area contributed by atoms with Gasteiger partial charge in [-0.15, -0.1) is 21.5 Å². The maximum absolute atomic E-state index is 12.8. The van der Waals surface area contributed by atoms with Crippen LogP contribution in [0.1, 0.15) is 34.8 Å². The molecule has 8 nitrogen and oxygen atoms in total. The Morgan fingerprint density at radius 2 is 1.89 bits per heavy atom. The summed E-state index contributed by atoms with van der Waals surface area (Å²) in [5.74, 6) is 0.287. The molecule has 0 radical (unpaired) electrons. The monoisotopic (exact) mass is 590 g/mol. The van der Waals surface area contributed by atoms with E-state index in [1.165, 1.54) is 30.2 Å². The van der Waals surface area contributed by atoms with Gasteiger partial charge in [0.2, 0.25) is 5.91 Å². The molecule has 2 heterocycles. The number of hydrogen-bond donors (Lipinski definition) is 1. The lowest BCUT2D eigenvalue weighted by molar-refractivity contribution is -0.113. The molecular formula is C26H24Cl2N4O4S2. The van der Waals surface area contributed by atoms with Crippen LogP contribution in [0.4, 0.5) is 5.00 Å². The number of aryl methyl sites for hydroxylation is 1. The second-order valence-corrected chi connectivity index (χ2v) is 10.9. The molecule has 0 saturated carbocycles. The number of thiophene rings is 1. The molecule has 0 aliphatic rings. The van der Waals surface area contributed by atoms with Gasteiger partial charge in [0.1, 0.15) is 16.3 Å². The number of thioether (sulfide) groups is 1. The summed E-state index contributed by atoms with van der Waals surface area (Å²) in [6.45, 7) is 3.82. The maximum atomic E-state index is 12.8. The first kappa shape index (κ1) is 28.0. The summed E-state index contributed by atoms with van der Waals surface area (Å²) in [5.41, 5.74) is 3.01. The van der Waals surface area contributed by atoms with E-state index in [9.17, 15) is 9.59 Å². The van der Waals surface area contributed by atoms with Gasteiger partial charge in [-0.05, 0) is 37.6 Å². The number of hydrogen-bond acceptors (Lipinski definition) is 8. The third-order valence-corrected chi connectivity index (χ3v) is 8.00. The van der Waals surface area contributed by atoms with Gasteiger partial charge in [0.05, 0.1) is 17.9 Å². The second-order valence-electron chi connectivity index (χ2n) is 8.28. The van der Waals surface area contributed by atoms with E-state index in [-0.39, 0.29) is 11.7 Å². The average Bonchev–Trinajstić information content (AvgIpc) is 3.47. The molecule has 0 fully saturated rings. The number of anilines is 1. The molecule has 0 bridgehead atoms. The van der Waals surface area contributed by atoms with Crippen LogP contribution in [0.15, 0.2) is 53.0 Å². The van der Waals surface area contributed by atoms with Gasteiger partial charge in [-0.25, -0.2) is 4.79 Å². The molecule has 2 aromatic carbocycles. The van der Waals surface area contributed by atoms with E-state index < -0.39 is 12.1 Å². The van der Waals surface area contributed by atoms with Crippen molar-refractivity contribution in [2.45, 2.75) is 25.1 Å². The zero-order valence-electron chi connectivity index (χ0n) is 21.0. The number of rotatable bonds is 9. The Balaban J connectivity index is 1.43. The fourth-order valence-electron chi connectivity index (χ4n) is 3.61. The third kappa shape index (κ3) is 6.32. The molecule has 4 rings (SSSR count). The second kappa shape index (κ2) is 12.2. The van der Waals surface area contributed by atoms with Gasteiger partial charge < -0.3 is 19.4 Å². The highest BCUT2D eigenvalue weighted by molar-refractivity contribution is 7.99. The van der Waals surface area contributed by atoms with Crippen molar-refractivity contribution in [3.63, 3.8) is 0 Å². The topological polar surface area (TPSA) is 95.3 Å². The smallest absolute Gasteiger partial charge is 0.341 e. The van der Waals surface area contributed by atoms with Gasteiger partial charge in [-0.1, -0.05) is 64.8 Å². The van der Waals surface area contributed by atoms with Crippen LogP contribution in [0, 0.1) is 6.92 Å². The molecule has 0 aliphatic carbocycles. The van der Waals surface area contributed by atoms with Gasteiger partial charge in [-0.2, -0.15) is 0 Å². The number of benzene rings is 2. The van der Waals surface area contributed by atoms with E-state index in [1.807, 2.05) is 43.5 Å². The lowest BCUT2D eigenvalue weighted by atomic mass is 10.0. The normalized spacial score (nSPS) is 11.7. The van der Waals surface area contributed by atoms with E-state index in [0.29, 0.717) is 42.9 Å². The summed E-state index contributed by atoms with van der Waals surface area (Å²) in [6.07, 6.45) is -0.455. The molecule has 38 heavy (non-hydrogen) atoms. The standard InChI is InChI=1S/C26H24Cl2N4O4S2/c1-14-5-7-16(8-6-14)18-12-37-24(22(18)25(34)35-4)29-21(33)13-38-26-31-30-23(32(26)3)15(2)36-20-10-9-17(27)11-19(20)28/h5-12,15H,13H2,1-4H3,(H,29,33). The molecule has 1 N–H and O–H groups in total. The van der Waals surface area contributed by atoms with Crippen molar-refractivity contribution in [2.75, 3.05) is 18.2 Å². The third-order valence-electron chi connectivity index (χ3n) is 5.56. The molecule has 1 amide bonds. The molecule has 198 valence electrons. The molecular weight excluding hydrogens is 567 g/mol. The zero-order valence-corrected chi connectivity index (χ0v) is 24.1. The molecule has 0 spiro atoms. The highest BCUT2D eigenvalue weighted by atomic mass is 35.5. The Morgan fingerprint density at radius 3 is 2.58 bits per heavy atom. The highest BCUT2D eigenvalue weighted by Gasteiger charge is 2.23. The van der Waals surface area contributed by atoms with Crippen LogP contribution in [0.25, 0.3) is 11.1 Å². The number of nitrogens with one attached hydrogen (secondary N) is 1. The van der Waals surface area contributed by atoms with Crippen molar-refractivity contribution in [3.05, 3.63) is 74.8 Å². The first-order valence-electron chi connectivity index (χ1n) is 11.4. The minimum Gasteiger partial charge on any atom is -0.481 e. The van der Waals surface area contributed by atoms with Gasteiger partial charge in [0, 0.05) is 23.0 Å². The van der Waals surface area contributed by atoms with Crippen molar-refractivity contribution in [1.82, 2.24) is 14.8 Å². The average molecular weight is 592 g/mol. The van der Waals surface area contributed by atoms with Crippen molar-refractivity contribution < 1.29 is 19.1 Å². The van der Waals surface area contributed by atoms with Crippen LogP contribution in [0.2, 0.25) is 10.0 Å². The van der Waals surface area contributed by atoms with Crippen LogP contribution in [0.3, 0.4) is 0 Å². The van der Waals surface area contributed by atoms with E-state index in [4.69, 9.17) is 32.7 Å². The van der Waals surface area contributed by atoms with Gasteiger partial charge >= 0.3 is 5.97 Å². The Kier molecular flexibility index (Phi) is 8.99. The van der Waals surface area contributed by atoms with E-state index in [2.05, 4.69) is 15.5 Å². The number of nitrogens with zero attached hydrogens (tertiary/aromatic N) is 3. The summed E-state index contributed by atoms with van der Waals surface area (Å²) in [4.78, 5) is 25.4. The first-order valence-corrected chi connectivity index (χ1v) is 14.0. The summed E-state index contributed by atoms with van der Waals surface area (Å²) >= 11 is 14.7. The van der Waals surface area contributed by atoms with Crippen LogP contribution in [-0.2, 0) is 16.6 Å². The van der Waals surface area contributed by atoms with E-state index in [0.717, 1.165) is 11.1 Å². The molecule has 1 atom stereocenters. The molecule has 0 saturated heterocycles. The lowest BCUT2D eigenvalue weighted by Crippen LogP contribution is -2.16. The molecule has 1 unspecified atom stereocenters. The molecule has 2 aromatic heterocycles. The Hall–Kier alpha value is -3.05. The number of halogens is 2. The fraction of sp³-hybridized carbons (Fsp3) is 0.231. The van der Waals surface area contributed by atoms with Crippen molar-refractivity contribution >= 4 is 63.2 Å². The minimum atomic E-state index is -0.516. The first-order chi connectivity index (χ1) is 18.2. The predicted molar refractivity (Wildman–Crippen MR) is 152 cm³/mol. The summed E-state index contributed by atoms with van der Waals surface area (Å²) in [6, 6.07) is 12.8. The summed E-state index contributed by atoms with van der Waals surface area (Å²) in [7, 11) is 3.11. The summed E-state index contributed by atoms with van der Waals surface area (Å²) < 4.78 is 12.7. The maximum Gasteiger partial charge on any atom is 0.341 e. The van der Waals surface area contributed by atoms with Gasteiger partial charge in [-0.3, -0.25) is 4.79 Å². The van der Waals surface area contributed by atoms with Crippen LogP contribution in [0.5, 0.6) is 5.75 Å². The van der Waals surface area contributed by atoms with E-state index in [1.54, 1.807) is 29.8 Å². The number of esters is 1. The number of methoxy groups -OCH3 is 1. The zero-order chi connectivity index (χ0) is 27.4. The lowest BCUT2D eigenvalue weighted by Gasteiger charge is -2.15. The minimum absolute atomic E-state index is 0.0581. The van der Waals surface area contributed by atoms with Crippen LogP contribution < -0.4 is 10.1 Å². The Bertz CT molecular complexity index is 1470. The number of carbonyl (C=O) groups excluding carboxylic acids is 2. The van der Waals surface area contributed by atoms with Gasteiger partial charge in [0.15, 0.2) is 17.1 Å². The SMILES string of the molecule is COC(=O)c1c(-c2ccc(C)cc2)csc1NC(=O)CSc1nnc(C(C)Oc2ccc(Cl)cc2Cl)n1C. The quantitative estimate of drug-likeness (QED) is 0.169. The van der Waals surface area contributed by atoms with E-state index >= 15 is 0 Å². The Labute approximate surface area is 238 Å². The van der Waals surface area contributed by atoms with Crippen molar-refractivity contribution in [3.8, 4) is 16.9 Å². The number of amides is 1.